The summed E-state index contributed by atoms with van der Waals surface area (Å²) in [6, 6.07) is 11.4. The van der Waals surface area contributed by atoms with Crippen LogP contribution >= 0.6 is 0 Å². The molecule has 0 saturated carbocycles. The average Bonchev–Trinajstić information content (AvgIpc) is 2.48. The number of ether oxygens (including phenoxy) is 1. The van der Waals surface area contributed by atoms with Gasteiger partial charge in [0.15, 0.2) is 6.61 Å². The van der Waals surface area contributed by atoms with E-state index in [2.05, 4.69) is 5.32 Å². The predicted octanol–water partition coefficient (Wildman–Crippen LogP) is 2.99. The maximum Gasteiger partial charge on any atom is 0.262 e. The van der Waals surface area contributed by atoms with Crippen LogP contribution in [-0.4, -0.2) is 12.5 Å². The molecule has 0 heterocycles. The quantitative estimate of drug-likeness (QED) is 0.831. The van der Waals surface area contributed by atoms with E-state index in [0.29, 0.717) is 11.4 Å². The Hall–Kier alpha value is -2.56. The SMILES string of the molecule is CCc1cccc(OCC(=O)Nc2ccc(F)cc2N)c1. The standard InChI is InChI=1S/C16H17FN2O2/c1-2-11-4-3-5-13(8-11)21-10-16(20)19-15-7-6-12(17)9-14(15)18/h3-9H,2,10,18H2,1H3,(H,19,20). The van der Waals surface area contributed by atoms with E-state index < -0.39 is 5.82 Å². The first-order chi connectivity index (χ1) is 10.1. The molecule has 2 aromatic rings. The molecule has 2 rings (SSSR count). The number of aryl methyl sites for hydroxylation is 1. The third-order valence-electron chi connectivity index (χ3n) is 2.96. The Morgan fingerprint density at radius 2 is 2.10 bits per heavy atom. The Morgan fingerprint density at radius 1 is 1.29 bits per heavy atom. The number of carbonyl (C=O) groups is 1. The Kier molecular flexibility index (Phi) is 4.77. The Balaban J connectivity index is 1.92. The highest BCUT2D eigenvalue weighted by Crippen LogP contribution is 2.19. The van der Waals surface area contributed by atoms with Crippen molar-refractivity contribution in [2.45, 2.75) is 13.3 Å². The molecule has 0 aromatic heterocycles. The first kappa shape index (κ1) is 14.8. The molecule has 0 fully saturated rings. The van der Waals surface area contributed by atoms with Gasteiger partial charge in [-0.3, -0.25) is 4.79 Å². The number of rotatable bonds is 5. The van der Waals surface area contributed by atoms with Gasteiger partial charge in [-0.2, -0.15) is 0 Å². The van der Waals surface area contributed by atoms with Crippen LogP contribution < -0.4 is 15.8 Å². The lowest BCUT2D eigenvalue weighted by atomic mass is 10.2. The van der Waals surface area contributed by atoms with Crippen molar-refractivity contribution in [3.63, 3.8) is 0 Å². The number of hydrogen-bond acceptors (Lipinski definition) is 3. The molecule has 4 nitrogen and oxygen atoms in total. The fourth-order valence-electron chi connectivity index (χ4n) is 1.84. The van der Waals surface area contributed by atoms with E-state index in [1.165, 1.54) is 12.1 Å². The second-order valence-corrected chi connectivity index (χ2v) is 4.57. The lowest BCUT2D eigenvalue weighted by molar-refractivity contribution is -0.118. The van der Waals surface area contributed by atoms with E-state index in [4.69, 9.17) is 10.5 Å². The molecule has 0 aliphatic heterocycles. The fourth-order valence-corrected chi connectivity index (χ4v) is 1.84. The zero-order valence-corrected chi connectivity index (χ0v) is 11.7. The number of amides is 1. The van der Waals surface area contributed by atoms with Gasteiger partial charge in [0.2, 0.25) is 0 Å². The molecule has 0 aliphatic carbocycles. The summed E-state index contributed by atoms with van der Waals surface area (Å²) in [6.45, 7) is 1.91. The van der Waals surface area contributed by atoms with Crippen molar-refractivity contribution in [3.05, 3.63) is 53.8 Å². The summed E-state index contributed by atoms with van der Waals surface area (Å²) in [6.07, 6.45) is 0.898. The highest BCUT2D eigenvalue weighted by molar-refractivity contribution is 5.94. The fraction of sp³-hybridized carbons (Fsp3) is 0.188. The zero-order valence-electron chi connectivity index (χ0n) is 11.7. The summed E-state index contributed by atoms with van der Waals surface area (Å²) in [5.41, 5.74) is 7.30. The minimum atomic E-state index is -0.446. The Morgan fingerprint density at radius 3 is 2.81 bits per heavy atom. The number of nitrogens with one attached hydrogen (secondary N) is 1. The van der Waals surface area contributed by atoms with Crippen LogP contribution in [0.5, 0.6) is 5.75 Å². The van der Waals surface area contributed by atoms with Crippen LogP contribution in [0.1, 0.15) is 12.5 Å². The van der Waals surface area contributed by atoms with Crippen molar-refractivity contribution in [2.75, 3.05) is 17.7 Å². The molecular formula is C16H17FN2O2. The molecule has 0 saturated heterocycles. The largest absolute Gasteiger partial charge is 0.484 e. The summed E-state index contributed by atoms with van der Waals surface area (Å²) >= 11 is 0. The molecule has 0 aliphatic rings. The average molecular weight is 288 g/mol. The first-order valence-electron chi connectivity index (χ1n) is 6.65. The molecule has 5 heteroatoms. The van der Waals surface area contributed by atoms with Gasteiger partial charge < -0.3 is 15.8 Å². The number of carbonyl (C=O) groups excluding carboxylic acids is 1. The third kappa shape index (κ3) is 4.21. The van der Waals surface area contributed by atoms with Crippen LogP contribution in [0.4, 0.5) is 15.8 Å². The Bertz CT molecular complexity index is 644. The second kappa shape index (κ2) is 6.74. The molecule has 1 amide bonds. The normalized spacial score (nSPS) is 10.2. The van der Waals surface area contributed by atoms with Crippen LogP contribution in [0.2, 0.25) is 0 Å². The molecule has 21 heavy (non-hydrogen) atoms. The van der Waals surface area contributed by atoms with E-state index in [9.17, 15) is 9.18 Å². The third-order valence-corrected chi connectivity index (χ3v) is 2.96. The molecule has 0 spiro atoms. The van der Waals surface area contributed by atoms with Gasteiger partial charge in [-0.25, -0.2) is 4.39 Å². The number of benzene rings is 2. The van der Waals surface area contributed by atoms with Crippen molar-refractivity contribution in [1.82, 2.24) is 0 Å². The molecule has 0 bridgehead atoms. The second-order valence-electron chi connectivity index (χ2n) is 4.57. The highest BCUT2D eigenvalue weighted by atomic mass is 19.1. The van der Waals surface area contributed by atoms with Gasteiger partial charge in [0.25, 0.3) is 5.91 Å². The molecule has 0 unspecified atom stereocenters. The zero-order chi connectivity index (χ0) is 15.2. The summed E-state index contributed by atoms with van der Waals surface area (Å²) in [7, 11) is 0. The number of hydrogen-bond donors (Lipinski definition) is 2. The van der Waals surface area contributed by atoms with Crippen LogP contribution in [0.15, 0.2) is 42.5 Å². The van der Waals surface area contributed by atoms with Crippen LogP contribution in [-0.2, 0) is 11.2 Å². The number of nitrogen functional groups attached to an aromatic ring is 1. The van der Waals surface area contributed by atoms with Gasteiger partial charge in [-0.15, -0.1) is 0 Å². The molecule has 3 N–H and O–H groups in total. The van der Waals surface area contributed by atoms with Gasteiger partial charge in [0.05, 0.1) is 11.4 Å². The van der Waals surface area contributed by atoms with Crippen molar-refractivity contribution in [1.29, 1.82) is 0 Å². The predicted molar refractivity (Wildman–Crippen MR) is 80.8 cm³/mol. The first-order valence-corrected chi connectivity index (χ1v) is 6.65. The molecular weight excluding hydrogens is 271 g/mol. The van der Waals surface area contributed by atoms with Crippen LogP contribution in [0, 0.1) is 5.82 Å². The lowest BCUT2D eigenvalue weighted by Crippen LogP contribution is -2.20. The van der Waals surface area contributed by atoms with Crippen molar-refractivity contribution >= 4 is 17.3 Å². The van der Waals surface area contributed by atoms with Crippen molar-refractivity contribution in [2.24, 2.45) is 0 Å². The van der Waals surface area contributed by atoms with Gasteiger partial charge in [-0.05, 0) is 42.3 Å². The van der Waals surface area contributed by atoms with Crippen molar-refractivity contribution < 1.29 is 13.9 Å². The number of nitrogens with two attached hydrogens (primary N) is 1. The summed E-state index contributed by atoms with van der Waals surface area (Å²) in [5, 5.41) is 2.58. The number of anilines is 2. The Labute approximate surface area is 122 Å². The van der Waals surface area contributed by atoms with E-state index in [0.717, 1.165) is 18.1 Å². The van der Waals surface area contributed by atoms with Gasteiger partial charge in [0.1, 0.15) is 11.6 Å². The molecule has 0 atom stereocenters. The minimum Gasteiger partial charge on any atom is -0.484 e. The van der Waals surface area contributed by atoms with Gasteiger partial charge in [-0.1, -0.05) is 19.1 Å². The molecule has 2 aromatic carbocycles. The highest BCUT2D eigenvalue weighted by Gasteiger charge is 2.07. The molecule has 110 valence electrons. The van der Waals surface area contributed by atoms with Gasteiger partial charge in [0, 0.05) is 0 Å². The van der Waals surface area contributed by atoms with E-state index in [-0.39, 0.29) is 18.2 Å². The summed E-state index contributed by atoms with van der Waals surface area (Å²) in [5.74, 6) is -0.162. The number of halogens is 1. The van der Waals surface area contributed by atoms with Crippen molar-refractivity contribution in [3.8, 4) is 5.75 Å². The lowest BCUT2D eigenvalue weighted by Gasteiger charge is -2.10. The van der Waals surface area contributed by atoms with E-state index in [1.54, 1.807) is 6.07 Å². The minimum absolute atomic E-state index is 0.135. The van der Waals surface area contributed by atoms with E-state index >= 15 is 0 Å². The monoisotopic (exact) mass is 288 g/mol. The van der Waals surface area contributed by atoms with Crippen LogP contribution in [0.3, 0.4) is 0 Å². The summed E-state index contributed by atoms with van der Waals surface area (Å²) in [4.78, 5) is 11.8. The summed E-state index contributed by atoms with van der Waals surface area (Å²) < 4.78 is 18.3. The topological polar surface area (TPSA) is 64.3 Å². The van der Waals surface area contributed by atoms with E-state index in [1.807, 2.05) is 25.1 Å². The smallest absolute Gasteiger partial charge is 0.262 e. The molecule has 0 radical (unpaired) electrons. The maximum atomic E-state index is 12.9. The van der Waals surface area contributed by atoms with Gasteiger partial charge >= 0.3 is 0 Å². The van der Waals surface area contributed by atoms with Crippen LogP contribution in [0.25, 0.3) is 0 Å². The maximum absolute atomic E-state index is 12.9.